The van der Waals surface area contributed by atoms with E-state index in [0.29, 0.717) is 0 Å². The maximum atomic E-state index is 12.7. The normalized spacial score (nSPS) is 19.7. The predicted octanol–water partition coefficient (Wildman–Crippen LogP) is 2.48. The van der Waals surface area contributed by atoms with Crippen LogP contribution in [0.1, 0.15) is 16.8 Å². The molecule has 1 aromatic carbocycles. The summed E-state index contributed by atoms with van der Waals surface area (Å²) in [4.78, 5) is 12.7. The molecule has 0 saturated carbocycles. The molecule has 0 aromatic heterocycles. The summed E-state index contributed by atoms with van der Waals surface area (Å²) in [7, 11) is 0. The molecule has 0 saturated heterocycles. The van der Waals surface area contributed by atoms with Crippen molar-refractivity contribution in [1.82, 2.24) is 0 Å². The molecule has 2 rings (SSSR count). The van der Waals surface area contributed by atoms with Crippen molar-refractivity contribution in [2.24, 2.45) is 0 Å². The molecule has 0 radical (unpaired) electrons. The Morgan fingerprint density at radius 1 is 1.20 bits per heavy atom. The van der Waals surface area contributed by atoms with Crippen LogP contribution in [0, 0.1) is 23.0 Å². The Morgan fingerprint density at radius 2 is 2.00 bits per heavy atom. The van der Waals surface area contributed by atoms with Gasteiger partial charge in [-0.3, -0.25) is 4.79 Å². The number of para-hydroxylation sites is 1. The van der Waals surface area contributed by atoms with Gasteiger partial charge in [0.1, 0.15) is 0 Å². The molecule has 0 heterocycles. The first-order valence-electron chi connectivity index (χ1n) is 5.85. The summed E-state index contributed by atoms with van der Waals surface area (Å²) in [6.07, 6.45) is 10.0. The lowest BCUT2D eigenvalue weighted by molar-refractivity contribution is 0.0510. The number of carbonyl (C=O) groups is 1. The average molecular weight is 266 g/mol. The monoisotopic (exact) mass is 266 g/mol. The van der Waals surface area contributed by atoms with Crippen molar-refractivity contribution in [1.29, 1.82) is 10.5 Å². The van der Waals surface area contributed by atoms with Gasteiger partial charge in [-0.25, -0.2) is 0 Å². The molecule has 0 bridgehead atoms. The van der Waals surface area contributed by atoms with Crippen molar-refractivity contribution in [3.63, 3.8) is 0 Å². The third-order valence-corrected chi connectivity index (χ3v) is 2.93. The molecule has 1 aliphatic rings. The van der Waals surface area contributed by atoms with E-state index < -0.39 is 11.4 Å². The standard InChI is InChI=1S/C15H10N2O3/c16-10-19-13-7-3-2-6-12(13)14(18)15(20-11-17)8-4-1-5-9-15/h1-8H,9H2. The van der Waals surface area contributed by atoms with Crippen molar-refractivity contribution in [3.8, 4) is 18.3 Å². The lowest BCUT2D eigenvalue weighted by Gasteiger charge is -2.26. The molecular weight excluding hydrogens is 256 g/mol. The van der Waals surface area contributed by atoms with Crippen molar-refractivity contribution in [2.45, 2.75) is 12.0 Å². The fraction of sp³-hybridized carbons (Fsp3) is 0.133. The molecule has 98 valence electrons. The highest BCUT2D eigenvalue weighted by molar-refractivity contribution is 6.06. The average Bonchev–Trinajstić information content (AvgIpc) is 2.49. The van der Waals surface area contributed by atoms with Gasteiger partial charge in [-0.2, -0.15) is 5.26 Å². The molecular formula is C15H10N2O3. The Labute approximate surface area is 116 Å². The molecule has 0 amide bonds. The van der Waals surface area contributed by atoms with Crippen LogP contribution in [0.25, 0.3) is 0 Å². The van der Waals surface area contributed by atoms with E-state index in [1.165, 1.54) is 24.5 Å². The number of Topliss-reactive ketones (excluding diaryl/α,β-unsaturated/α-hetero) is 1. The van der Waals surface area contributed by atoms with Crippen LogP contribution in [0.2, 0.25) is 0 Å². The molecule has 1 aliphatic carbocycles. The number of benzene rings is 1. The van der Waals surface area contributed by atoms with Gasteiger partial charge in [-0.1, -0.05) is 30.4 Å². The zero-order valence-electron chi connectivity index (χ0n) is 10.4. The summed E-state index contributed by atoms with van der Waals surface area (Å²) in [5.74, 6) is -0.283. The van der Waals surface area contributed by atoms with Crippen LogP contribution in [0.4, 0.5) is 0 Å². The first kappa shape index (κ1) is 13.4. The van der Waals surface area contributed by atoms with Crippen LogP contribution in [-0.4, -0.2) is 11.4 Å². The Balaban J connectivity index is 2.44. The molecule has 20 heavy (non-hydrogen) atoms. The first-order chi connectivity index (χ1) is 9.73. The van der Waals surface area contributed by atoms with Gasteiger partial charge in [-0.05, 0) is 18.2 Å². The van der Waals surface area contributed by atoms with Crippen molar-refractivity contribution in [3.05, 3.63) is 54.1 Å². The summed E-state index contributed by atoms with van der Waals surface area (Å²) in [6, 6.07) is 6.35. The van der Waals surface area contributed by atoms with E-state index in [1.807, 2.05) is 0 Å². The third-order valence-electron chi connectivity index (χ3n) is 2.93. The van der Waals surface area contributed by atoms with Crippen LogP contribution in [0.5, 0.6) is 5.75 Å². The van der Waals surface area contributed by atoms with Crippen LogP contribution in [0.3, 0.4) is 0 Å². The molecule has 5 heteroatoms. The van der Waals surface area contributed by atoms with E-state index in [2.05, 4.69) is 0 Å². The second-order valence-corrected chi connectivity index (χ2v) is 4.09. The van der Waals surface area contributed by atoms with Gasteiger partial charge in [0, 0.05) is 6.42 Å². The highest BCUT2D eigenvalue weighted by Gasteiger charge is 2.40. The first-order valence-corrected chi connectivity index (χ1v) is 5.85. The smallest absolute Gasteiger partial charge is 0.292 e. The highest BCUT2D eigenvalue weighted by Crippen LogP contribution is 2.30. The fourth-order valence-corrected chi connectivity index (χ4v) is 1.99. The zero-order chi connectivity index (χ0) is 14.4. The van der Waals surface area contributed by atoms with Crippen LogP contribution >= 0.6 is 0 Å². The summed E-state index contributed by atoms with van der Waals surface area (Å²) in [5, 5.41) is 17.4. The summed E-state index contributed by atoms with van der Waals surface area (Å²) in [5.41, 5.74) is -1.18. The van der Waals surface area contributed by atoms with E-state index in [1.54, 1.807) is 36.6 Å². The Morgan fingerprint density at radius 3 is 2.65 bits per heavy atom. The quantitative estimate of drug-likeness (QED) is 0.617. The van der Waals surface area contributed by atoms with E-state index in [9.17, 15) is 4.79 Å². The second kappa shape index (κ2) is 5.73. The molecule has 1 unspecified atom stereocenters. The molecule has 0 aliphatic heterocycles. The Bertz CT molecular complexity index is 664. The minimum absolute atomic E-state index is 0.142. The molecule has 1 atom stereocenters. The fourth-order valence-electron chi connectivity index (χ4n) is 1.99. The number of nitriles is 2. The van der Waals surface area contributed by atoms with E-state index in [4.69, 9.17) is 20.0 Å². The van der Waals surface area contributed by atoms with Gasteiger partial charge in [0.05, 0.1) is 5.56 Å². The second-order valence-electron chi connectivity index (χ2n) is 4.09. The van der Waals surface area contributed by atoms with Crippen molar-refractivity contribution >= 4 is 5.78 Å². The lowest BCUT2D eigenvalue weighted by Crippen LogP contribution is -2.39. The van der Waals surface area contributed by atoms with Gasteiger partial charge in [0.2, 0.25) is 11.4 Å². The third kappa shape index (κ3) is 2.38. The number of carbonyl (C=O) groups excluding carboxylic acids is 1. The van der Waals surface area contributed by atoms with Gasteiger partial charge in [0.15, 0.2) is 5.75 Å². The van der Waals surface area contributed by atoms with E-state index in [-0.39, 0.29) is 17.7 Å². The van der Waals surface area contributed by atoms with E-state index in [0.717, 1.165) is 0 Å². The summed E-state index contributed by atoms with van der Waals surface area (Å²) in [6.45, 7) is 0. The van der Waals surface area contributed by atoms with Crippen LogP contribution in [0.15, 0.2) is 48.6 Å². The molecule has 1 aromatic rings. The summed E-state index contributed by atoms with van der Waals surface area (Å²) >= 11 is 0. The maximum Gasteiger partial charge on any atom is 0.292 e. The maximum absolute atomic E-state index is 12.7. The number of allylic oxidation sites excluding steroid dienone is 2. The molecule has 0 spiro atoms. The van der Waals surface area contributed by atoms with Gasteiger partial charge in [-0.15, -0.1) is 5.26 Å². The predicted molar refractivity (Wildman–Crippen MR) is 69.3 cm³/mol. The zero-order valence-corrected chi connectivity index (χ0v) is 10.4. The lowest BCUT2D eigenvalue weighted by atomic mass is 9.86. The van der Waals surface area contributed by atoms with E-state index >= 15 is 0 Å². The van der Waals surface area contributed by atoms with Gasteiger partial charge < -0.3 is 9.47 Å². The minimum Gasteiger partial charge on any atom is -0.408 e. The molecule has 5 nitrogen and oxygen atoms in total. The Kier molecular flexibility index (Phi) is 3.83. The minimum atomic E-state index is -1.38. The molecule has 0 fully saturated rings. The van der Waals surface area contributed by atoms with Crippen molar-refractivity contribution < 1.29 is 14.3 Å². The van der Waals surface area contributed by atoms with Crippen LogP contribution in [-0.2, 0) is 4.74 Å². The number of ketones is 1. The number of ether oxygens (including phenoxy) is 2. The Hall–Kier alpha value is -3.05. The van der Waals surface area contributed by atoms with Gasteiger partial charge in [0.25, 0.3) is 12.5 Å². The largest absolute Gasteiger partial charge is 0.408 e. The highest BCUT2D eigenvalue weighted by atomic mass is 16.5. The number of rotatable bonds is 4. The van der Waals surface area contributed by atoms with Crippen molar-refractivity contribution in [2.75, 3.05) is 0 Å². The van der Waals surface area contributed by atoms with Crippen LogP contribution < -0.4 is 4.74 Å². The number of hydrogen-bond acceptors (Lipinski definition) is 5. The summed E-state index contributed by atoms with van der Waals surface area (Å²) < 4.78 is 9.78. The number of nitrogens with zero attached hydrogens (tertiary/aromatic N) is 2. The SMILES string of the molecule is N#COc1ccccc1C(=O)C1(OC#N)C=CC=CC1. The topological polar surface area (TPSA) is 83.1 Å². The molecule has 0 N–H and O–H groups in total. The van der Waals surface area contributed by atoms with Gasteiger partial charge >= 0.3 is 0 Å². The number of hydrogen-bond donors (Lipinski definition) is 0.